The van der Waals surface area contributed by atoms with Crippen LogP contribution in [0.15, 0.2) is 28.7 Å². The Labute approximate surface area is 110 Å². The molecule has 0 amide bonds. The molecule has 17 heavy (non-hydrogen) atoms. The van der Waals surface area contributed by atoms with Gasteiger partial charge in [-0.3, -0.25) is 0 Å². The lowest BCUT2D eigenvalue weighted by Crippen LogP contribution is -2.40. The van der Waals surface area contributed by atoms with Crippen LogP contribution in [0.4, 0.5) is 0 Å². The Morgan fingerprint density at radius 1 is 1.29 bits per heavy atom. The first-order valence-electron chi connectivity index (χ1n) is 5.91. The average Bonchev–Trinajstić information content (AvgIpc) is 2.79. The Morgan fingerprint density at radius 3 is 2.29 bits per heavy atom. The van der Waals surface area contributed by atoms with Gasteiger partial charge in [-0.2, -0.15) is 5.26 Å². The van der Waals surface area contributed by atoms with Crippen LogP contribution in [-0.4, -0.2) is 5.11 Å². The largest absolute Gasteiger partial charge is 0.384 e. The summed E-state index contributed by atoms with van der Waals surface area (Å²) in [6, 6.07) is 9.96. The molecule has 3 heteroatoms. The van der Waals surface area contributed by atoms with E-state index in [1.807, 2.05) is 24.3 Å². The van der Waals surface area contributed by atoms with E-state index in [1.165, 1.54) is 0 Å². The first kappa shape index (κ1) is 12.6. The summed E-state index contributed by atoms with van der Waals surface area (Å²) >= 11 is 3.38. The van der Waals surface area contributed by atoms with E-state index in [0.29, 0.717) is 0 Å². The van der Waals surface area contributed by atoms with Gasteiger partial charge in [-0.1, -0.05) is 40.9 Å². The molecular weight excluding hydrogens is 278 g/mol. The van der Waals surface area contributed by atoms with Crippen LogP contribution in [-0.2, 0) is 5.60 Å². The Balaban J connectivity index is 2.41. The Kier molecular flexibility index (Phi) is 3.29. The van der Waals surface area contributed by atoms with Gasteiger partial charge in [0.05, 0.1) is 11.5 Å². The zero-order valence-corrected chi connectivity index (χ0v) is 11.5. The fourth-order valence-corrected chi connectivity index (χ4v) is 3.00. The van der Waals surface area contributed by atoms with Crippen LogP contribution < -0.4 is 0 Å². The van der Waals surface area contributed by atoms with Crippen LogP contribution in [0.5, 0.6) is 0 Å². The smallest absolute Gasteiger partial charge is 0.105 e. The average molecular weight is 294 g/mol. The minimum Gasteiger partial charge on any atom is -0.384 e. The number of nitrogens with zero attached hydrogens (tertiary/aromatic N) is 1. The van der Waals surface area contributed by atoms with E-state index in [9.17, 15) is 10.4 Å². The van der Waals surface area contributed by atoms with E-state index in [-0.39, 0.29) is 0 Å². The predicted molar refractivity (Wildman–Crippen MR) is 70.2 cm³/mol. The molecule has 0 spiro atoms. The van der Waals surface area contributed by atoms with Gasteiger partial charge < -0.3 is 5.11 Å². The van der Waals surface area contributed by atoms with E-state index in [4.69, 9.17) is 0 Å². The topological polar surface area (TPSA) is 44.0 Å². The summed E-state index contributed by atoms with van der Waals surface area (Å²) in [4.78, 5) is 0. The van der Waals surface area contributed by atoms with E-state index in [2.05, 4.69) is 22.0 Å². The fraction of sp³-hybridized carbons (Fsp3) is 0.500. The van der Waals surface area contributed by atoms with Gasteiger partial charge in [0.1, 0.15) is 5.60 Å². The number of aliphatic hydroxyl groups is 1. The Bertz CT molecular complexity index is 438. The molecular formula is C14H16BrNO. The first-order chi connectivity index (χ1) is 8.02. The summed E-state index contributed by atoms with van der Waals surface area (Å²) in [6.07, 6.45) is 3.62. The second-order valence-corrected chi connectivity index (χ2v) is 5.90. The van der Waals surface area contributed by atoms with Gasteiger partial charge in [-0.15, -0.1) is 0 Å². The molecule has 1 aliphatic carbocycles. The van der Waals surface area contributed by atoms with Crippen LogP contribution in [0.1, 0.15) is 38.2 Å². The zero-order chi connectivity index (χ0) is 12.5. The molecule has 0 bridgehead atoms. The lowest BCUT2D eigenvalue weighted by atomic mass is 9.69. The van der Waals surface area contributed by atoms with Gasteiger partial charge in [0, 0.05) is 4.47 Å². The molecule has 0 saturated heterocycles. The minimum atomic E-state index is -1.07. The molecule has 2 rings (SSSR count). The van der Waals surface area contributed by atoms with E-state index in [1.54, 1.807) is 6.92 Å². The van der Waals surface area contributed by atoms with Crippen LogP contribution in [0.3, 0.4) is 0 Å². The number of hydrogen-bond acceptors (Lipinski definition) is 2. The summed E-state index contributed by atoms with van der Waals surface area (Å²) in [6.45, 7) is 1.77. The van der Waals surface area contributed by atoms with Crippen molar-refractivity contribution in [3.8, 4) is 6.07 Å². The number of benzene rings is 1. The highest BCUT2D eigenvalue weighted by Crippen LogP contribution is 2.50. The maximum Gasteiger partial charge on any atom is 0.105 e. The summed E-state index contributed by atoms with van der Waals surface area (Å²) in [5.41, 5.74) is -0.871. The molecule has 1 unspecified atom stereocenters. The second-order valence-electron chi connectivity index (χ2n) is 4.98. The Hall–Kier alpha value is -0.850. The zero-order valence-electron chi connectivity index (χ0n) is 9.91. The van der Waals surface area contributed by atoms with Crippen molar-refractivity contribution in [2.24, 2.45) is 5.41 Å². The molecule has 1 aromatic rings. The third-order valence-corrected chi connectivity index (χ3v) is 4.54. The van der Waals surface area contributed by atoms with E-state index in [0.717, 1.165) is 35.7 Å². The molecule has 1 fully saturated rings. The molecule has 0 radical (unpaired) electrons. The maximum absolute atomic E-state index is 10.8. The van der Waals surface area contributed by atoms with Crippen LogP contribution in [0.2, 0.25) is 0 Å². The highest BCUT2D eigenvalue weighted by molar-refractivity contribution is 9.10. The Morgan fingerprint density at radius 2 is 1.82 bits per heavy atom. The number of hydrogen-bond donors (Lipinski definition) is 1. The van der Waals surface area contributed by atoms with Crippen molar-refractivity contribution >= 4 is 15.9 Å². The highest BCUT2D eigenvalue weighted by Gasteiger charge is 2.50. The quantitative estimate of drug-likeness (QED) is 0.903. The molecule has 0 aromatic heterocycles. The molecule has 1 N–H and O–H groups in total. The van der Waals surface area contributed by atoms with Crippen molar-refractivity contribution in [1.82, 2.24) is 0 Å². The molecule has 1 saturated carbocycles. The SMILES string of the molecule is CC(O)(c1ccc(Br)cc1)C1(C#N)CCCC1. The third-order valence-electron chi connectivity index (χ3n) is 4.01. The van der Waals surface area contributed by atoms with Crippen molar-refractivity contribution in [2.75, 3.05) is 0 Å². The van der Waals surface area contributed by atoms with E-state index < -0.39 is 11.0 Å². The van der Waals surface area contributed by atoms with Gasteiger partial charge in [-0.25, -0.2) is 0 Å². The fourth-order valence-electron chi connectivity index (χ4n) is 2.74. The van der Waals surface area contributed by atoms with Crippen molar-refractivity contribution in [1.29, 1.82) is 5.26 Å². The summed E-state index contributed by atoms with van der Waals surface area (Å²) < 4.78 is 0.981. The molecule has 0 heterocycles. The molecule has 1 aliphatic rings. The molecule has 2 nitrogen and oxygen atoms in total. The van der Waals surface area contributed by atoms with Crippen molar-refractivity contribution < 1.29 is 5.11 Å². The number of halogens is 1. The highest BCUT2D eigenvalue weighted by atomic mass is 79.9. The van der Waals surface area contributed by atoms with Crippen LogP contribution >= 0.6 is 15.9 Å². The normalized spacial score (nSPS) is 21.8. The van der Waals surface area contributed by atoms with E-state index >= 15 is 0 Å². The molecule has 90 valence electrons. The summed E-state index contributed by atoms with van der Waals surface area (Å²) in [7, 11) is 0. The van der Waals surface area contributed by atoms with Gasteiger partial charge in [0.15, 0.2) is 0 Å². The molecule has 1 aromatic carbocycles. The summed E-state index contributed by atoms with van der Waals surface area (Å²) in [5, 5.41) is 20.2. The van der Waals surface area contributed by atoms with Gasteiger partial charge >= 0.3 is 0 Å². The lowest BCUT2D eigenvalue weighted by Gasteiger charge is -2.37. The van der Waals surface area contributed by atoms with Crippen molar-refractivity contribution in [2.45, 2.75) is 38.2 Å². The molecule has 0 aliphatic heterocycles. The lowest BCUT2D eigenvalue weighted by molar-refractivity contribution is -0.0422. The maximum atomic E-state index is 10.8. The van der Waals surface area contributed by atoms with Gasteiger partial charge in [-0.05, 0) is 37.5 Å². The molecule has 1 atom stereocenters. The number of rotatable bonds is 2. The summed E-state index contributed by atoms with van der Waals surface area (Å²) in [5.74, 6) is 0. The van der Waals surface area contributed by atoms with Crippen LogP contribution in [0.25, 0.3) is 0 Å². The monoisotopic (exact) mass is 293 g/mol. The van der Waals surface area contributed by atoms with Crippen LogP contribution in [0, 0.1) is 16.7 Å². The standard InChI is InChI=1S/C14H16BrNO/c1-13(17,11-4-6-12(15)7-5-11)14(10-16)8-2-3-9-14/h4-7,17H,2-3,8-9H2,1H3. The first-order valence-corrected chi connectivity index (χ1v) is 6.71. The third kappa shape index (κ3) is 2.00. The van der Waals surface area contributed by atoms with Crippen molar-refractivity contribution in [3.05, 3.63) is 34.3 Å². The van der Waals surface area contributed by atoms with Crippen molar-refractivity contribution in [3.63, 3.8) is 0 Å². The number of nitriles is 1. The van der Waals surface area contributed by atoms with Gasteiger partial charge in [0.25, 0.3) is 0 Å². The predicted octanol–water partition coefficient (Wildman–Crippen LogP) is 3.74. The second kappa shape index (κ2) is 4.44. The minimum absolute atomic E-state index is 0.624. The van der Waals surface area contributed by atoms with Gasteiger partial charge in [0.2, 0.25) is 0 Å².